The summed E-state index contributed by atoms with van der Waals surface area (Å²) in [7, 11) is 1.65. The summed E-state index contributed by atoms with van der Waals surface area (Å²) < 4.78 is 5.11. The van der Waals surface area contributed by atoms with Crippen LogP contribution in [0.4, 0.5) is 0 Å². The molecule has 1 atom stereocenters. The van der Waals surface area contributed by atoms with Crippen molar-refractivity contribution in [3.05, 3.63) is 24.3 Å². The van der Waals surface area contributed by atoms with Crippen molar-refractivity contribution in [3.63, 3.8) is 0 Å². The molecule has 0 aliphatic rings. The molecule has 0 saturated carbocycles. The van der Waals surface area contributed by atoms with Crippen molar-refractivity contribution < 1.29 is 9.53 Å². The molecule has 0 bridgehead atoms. The number of thioether (sulfide) groups is 1. The zero-order chi connectivity index (χ0) is 14.1. The number of nitrogens with one attached hydrogen (secondary N) is 1. The zero-order valence-electron chi connectivity index (χ0n) is 11.9. The van der Waals surface area contributed by atoms with Crippen LogP contribution in [0, 0.1) is 0 Å². The van der Waals surface area contributed by atoms with Crippen LogP contribution in [0.2, 0.25) is 0 Å². The highest BCUT2D eigenvalue weighted by atomic mass is 32.2. The van der Waals surface area contributed by atoms with Crippen LogP contribution < -0.4 is 10.1 Å². The molecule has 1 N–H and O–H groups in total. The minimum atomic E-state index is -0.0741. The Hall–Kier alpha value is -1.16. The second-order valence-corrected chi connectivity index (χ2v) is 5.85. The average Bonchev–Trinajstić information content (AvgIpc) is 2.44. The van der Waals surface area contributed by atoms with E-state index in [-0.39, 0.29) is 11.2 Å². The molecule has 0 spiro atoms. The molecule has 19 heavy (non-hydrogen) atoms. The number of carbonyl (C=O) groups is 1. The third-order valence-electron chi connectivity index (χ3n) is 2.82. The summed E-state index contributed by atoms with van der Waals surface area (Å²) in [6.45, 7) is 4.87. The Morgan fingerprint density at radius 1 is 1.32 bits per heavy atom. The molecule has 1 amide bonds. The molecule has 1 rings (SSSR count). The van der Waals surface area contributed by atoms with Gasteiger partial charge in [-0.25, -0.2) is 0 Å². The Morgan fingerprint density at radius 3 is 2.58 bits per heavy atom. The van der Waals surface area contributed by atoms with Crippen molar-refractivity contribution in [2.45, 2.75) is 43.3 Å². The molecule has 0 radical (unpaired) electrons. The minimum absolute atomic E-state index is 0.0741. The molecule has 0 unspecified atom stereocenters. The van der Waals surface area contributed by atoms with Crippen molar-refractivity contribution in [1.29, 1.82) is 0 Å². The van der Waals surface area contributed by atoms with E-state index in [0.717, 1.165) is 23.6 Å². The summed E-state index contributed by atoms with van der Waals surface area (Å²) in [5.41, 5.74) is 0. The van der Waals surface area contributed by atoms with Gasteiger partial charge < -0.3 is 10.1 Å². The molecule has 0 heterocycles. The van der Waals surface area contributed by atoms with E-state index in [1.165, 1.54) is 12.8 Å². The molecule has 0 aromatic heterocycles. The quantitative estimate of drug-likeness (QED) is 0.585. The van der Waals surface area contributed by atoms with Crippen LogP contribution in [-0.2, 0) is 4.79 Å². The normalized spacial score (nSPS) is 11.9. The standard InChI is InChI=1S/C15H23NO2S/c1-4-5-6-11-16-15(17)12(2)19-14-9-7-13(18-3)8-10-14/h7-10,12H,4-6,11H2,1-3H3,(H,16,17)/t12-/m1/s1. The smallest absolute Gasteiger partial charge is 0.233 e. The molecule has 1 aromatic rings. The highest BCUT2D eigenvalue weighted by Gasteiger charge is 2.13. The van der Waals surface area contributed by atoms with Gasteiger partial charge in [-0.1, -0.05) is 19.8 Å². The van der Waals surface area contributed by atoms with Gasteiger partial charge in [0, 0.05) is 11.4 Å². The molecule has 1 aromatic carbocycles. The molecule has 0 aliphatic heterocycles. The van der Waals surface area contributed by atoms with E-state index >= 15 is 0 Å². The fraction of sp³-hybridized carbons (Fsp3) is 0.533. The van der Waals surface area contributed by atoms with E-state index in [2.05, 4.69) is 12.2 Å². The number of methoxy groups -OCH3 is 1. The van der Waals surface area contributed by atoms with Crippen LogP contribution in [0.25, 0.3) is 0 Å². The van der Waals surface area contributed by atoms with E-state index in [1.807, 2.05) is 31.2 Å². The molecule has 0 saturated heterocycles. The van der Waals surface area contributed by atoms with Gasteiger partial charge in [0.15, 0.2) is 0 Å². The highest BCUT2D eigenvalue weighted by Crippen LogP contribution is 2.25. The van der Waals surface area contributed by atoms with Crippen molar-refractivity contribution in [2.24, 2.45) is 0 Å². The Bertz CT molecular complexity index is 378. The third-order valence-corrected chi connectivity index (χ3v) is 3.93. The number of rotatable bonds is 8. The van der Waals surface area contributed by atoms with Crippen molar-refractivity contribution in [1.82, 2.24) is 5.32 Å². The van der Waals surface area contributed by atoms with Crippen LogP contribution in [0.15, 0.2) is 29.2 Å². The molecule has 0 fully saturated rings. The fourth-order valence-electron chi connectivity index (χ4n) is 1.64. The lowest BCUT2D eigenvalue weighted by molar-refractivity contribution is -0.120. The fourth-order valence-corrected chi connectivity index (χ4v) is 2.53. The van der Waals surface area contributed by atoms with E-state index in [4.69, 9.17) is 4.74 Å². The molecule has 106 valence electrons. The molecule has 0 aliphatic carbocycles. The summed E-state index contributed by atoms with van der Waals surface area (Å²) in [6.07, 6.45) is 3.40. The van der Waals surface area contributed by atoms with Gasteiger partial charge in [0.1, 0.15) is 5.75 Å². The van der Waals surface area contributed by atoms with Crippen molar-refractivity contribution >= 4 is 17.7 Å². The third kappa shape index (κ3) is 6.01. The number of carbonyl (C=O) groups excluding carboxylic acids is 1. The topological polar surface area (TPSA) is 38.3 Å². The average molecular weight is 281 g/mol. The molecule has 3 nitrogen and oxygen atoms in total. The van der Waals surface area contributed by atoms with Gasteiger partial charge in [0.2, 0.25) is 5.91 Å². The van der Waals surface area contributed by atoms with Crippen molar-refractivity contribution in [3.8, 4) is 5.75 Å². The van der Waals surface area contributed by atoms with Crippen LogP contribution >= 0.6 is 11.8 Å². The number of benzene rings is 1. The second-order valence-electron chi connectivity index (χ2n) is 4.43. The lowest BCUT2D eigenvalue weighted by atomic mass is 10.2. The first-order valence-electron chi connectivity index (χ1n) is 6.75. The number of unbranched alkanes of at least 4 members (excludes halogenated alkanes) is 2. The lowest BCUT2D eigenvalue weighted by Gasteiger charge is -2.12. The van der Waals surface area contributed by atoms with Crippen LogP contribution in [-0.4, -0.2) is 24.8 Å². The summed E-state index contributed by atoms with van der Waals surface area (Å²) in [5, 5.41) is 2.90. The Balaban J connectivity index is 2.35. The van der Waals surface area contributed by atoms with Gasteiger partial charge in [-0.05, 0) is 37.6 Å². The summed E-state index contributed by atoms with van der Waals surface area (Å²) in [6, 6.07) is 7.77. The first-order chi connectivity index (χ1) is 9.17. The molecular weight excluding hydrogens is 258 g/mol. The van der Waals surface area contributed by atoms with Gasteiger partial charge in [-0.2, -0.15) is 0 Å². The summed E-state index contributed by atoms with van der Waals surface area (Å²) in [4.78, 5) is 13.0. The maximum atomic E-state index is 11.9. The summed E-state index contributed by atoms with van der Waals surface area (Å²) in [5.74, 6) is 0.943. The minimum Gasteiger partial charge on any atom is -0.497 e. The molecular formula is C15H23NO2S. The van der Waals surface area contributed by atoms with E-state index in [9.17, 15) is 4.79 Å². The van der Waals surface area contributed by atoms with Crippen molar-refractivity contribution in [2.75, 3.05) is 13.7 Å². The number of amides is 1. The predicted molar refractivity (Wildman–Crippen MR) is 80.8 cm³/mol. The first-order valence-corrected chi connectivity index (χ1v) is 7.63. The van der Waals surface area contributed by atoms with Crippen LogP contribution in [0.3, 0.4) is 0 Å². The Labute approximate surface area is 120 Å². The van der Waals surface area contributed by atoms with Gasteiger partial charge in [-0.15, -0.1) is 11.8 Å². The number of hydrogen-bond acceptors (Lipinski definition) is 3. The Kier molecular flexibility index (Phi) is 7.41. The number of hydrogen-bond donors (Lipinski definition) is 1. The zero-order valence-corrected chi connectivity index (χ0v) is 12.8. The predicted octanol–water partition coefficient (Wildman–Crippen LogP) is 3.48. The highest BCUT2D eigenvalue weighted by molar-refractivity contribution is 8.00. The van der Waals surface area contributed by atoms with E-state index in [1.54, 1.807) is 18.9 Å². The van der Waals surface area contributed by atoms with Crippen LogP contribution in [0.5, 0.6) is 5.75 Å². The van der Waals surface area contributed by atoms with E-state index in [0.29, 0.717) is 0 Å². The first kappa shape index (κ1) is 15.9. The Morgan fingerprint density at radius 2 is 2.00 bits per heavy atom. The summed E-state index contributed by atoms with van der Waals surface area (Å²) >= 11 is 1.57. The van der Waals surface area contributed by atoms with Gasteiger partial charge in [-0.3, -0.25) is 4.79 Å². The molecule has 4 heteroatoms. The van der Waals surface area contributed by atoms with E-state index < -0.39 is 0 Å². The maximum absolute atomic E-state index is 11.9. The largest absolute Gasteiger partial charge is 0.497 e. The maximum Gasteiger partial charge on any atom is 0.233 e. The number of ether oxygens (including phenoxy) is 1. The lowest BCUT2D eigenvalue weighted by Crippen LogP contribution is -2.31. The monoisotopic (exact) mass is 281 g/mol. The second kappa shape index (κ2) is 8.86. The van der Waals surface area contributed by atoms with Gasteiger partial charge in [0.05, 0.1) is 12.4 Å². The van der Waals surface area contributed by atoms with Gasteiger partial charge in [0.25, 0.3) is 0 Å². The SMILES string of the molecule is CCCCCNC(=O)[C@@H](C)Sc1ccc(OC)cc1. The van der Waals surface area contributed by atoms with Crippen LogP contribution in [0.1, 0.15) is 33.1 Å². The van der Waals surface area contributed by atoms with Gasteiger partial charge >= 0.3 is 0 Å².